The quantitative estimate of drug-likeness (QED) is 0.0415. The fourth-order valence-electron chi connectivity index (χ4n) is 16.1. The minimum atomic E-state index is -2.18. The molecule has 2 unspecified atom stereocenters. The monoisotopic (exact) mass is 1130 g/mol. The van der Waals surface area contributed by atoms with Gasteiger partial charge in [0.15, 0.2) is 25.0 Å². The van der Waals surface area contributed by atoms with Gasteiger partial charge in [0, 0.05) is 23.3 Å². The van der Waals surface area contributed by atoms with Gasteiger partial charge in [-0.2, -0.15) is 0 Å². The van der Waals surface area contributed by atoms with E-state index in [2.05, 4.69) is 26.8 Å². The molecule has 0 amide bonds. The summed E-state index contributed by atoms with van der Waals surface area (Å²) in [6.07, 6.45) is -26.8. The van der Waals surface area contributed by atoms with Gasteiger partial charge in [0.1, 0.15) is 86.0 Å². The Labute approximate surface area is 459 Å². The van der Waals surface area contributed by atoms with Gasteiger partial charge in [-0.25, -0.2) is 9.59 Å². The summed E-state index contributed by atoms with van der Waals surface area (Å²) >= 11 is 0. The molecule has 7 fully saturated rings. The highest BCUT2D eigenvalue weighted by molar-refractivity contribution is 5.87. The van der Waals surface area contributed by atoms with Crippen LogP contribution in [0.3, 0.4) is 0 Å². The van der Waals surface area contributed by atoms with E-state index in [1.54, 1.807) is 19.9 Å². The van der Waals surface area contributed by atoms with Crippen LogP contribution >= 0.6 is 0 Å². The Kier molecular flexibility index (Phi) is 17.8. The number of rotatable bonds is 14. The number of hydrogen-bond donors (Lipinski definition) is 13. The molecule has 24 nitrogen and oxygen atoms in total. The van der Waals surface area contributed by atoms with Crippen LogP contribution < -0.4 is 0 Å². The number of carboxylic acid groups (broad SMARTS) is 1. The molecule has 0 aromatic heterocycles. The molecule has 3 aliphatic heterocycles. The molecule has 79 heavy (non-hydrogen) atoms. The lowest BCUT2D eigenvalue weighted by Gasteiger charge is -2.72. The van der Waals surface area contributed by atoms with E-state index >= 15 is 0 Å². The van der Waals surface area contributed by atoms with Gasteiger partial charge >= 0.3 is 17.9 Å². The molecule has 3 saturated heterocycles. The van der Waals surface area contributed by atoms with Crippen molar-refractivity contribution in [3.8, 4) is 0 Å². The third kappa shape index (κ3) is 10.0. The average Bonchev–Trinajstić information content (AvgIpc) is 1.69. The van der Waals surface area contributed by atoms with E-state index < -0.39 is 193 Å². The normalized spacial score (nSPS) is 50.6. The second-order valence-corrected chi connectivity index (χ2v) is 25.6. The van der Waals surface area contributed by atoms with Gasteiger partial charge in [0.2, 0.25) is 0 Å². The van der Waals surface area contributed by atoms with Crippen LogP contribution in [0.5, 0.6) is 0 Å². The highest BCUT2D eigenvalue weighted by Crippen LogP contribution is 2.76. The number of carboxylic acids is 1. The zero-order valence-corrected chi connectivity index (χ0v) is 46.4. The van der Waals surface area contributed by atoms with Gasteiger partial charge in [-0.1, -0.05) is 59.3 Å². The van der Waals surface area contributed by atoms with Crippen LogP contribution in [0.25, 0.3) is 0 Å². The summed E-state index contributed by atoms with van der Waals surface area (Å²) in [6.45, 7) is 14.3. The van der Waals surface area contributed by atoms with Crippen molar-refractivity contribution in [3.05, 3.63) is 23.3 Å². The van der Waals surface area contributed by atoms with Crippen molar-refractivity contribution in [3.63, 3.8) is 0 Å². The van der Waals surface area contributed by atoms with Crippen LogP contribution in [0.15, 0.2) is 23.3 Å². The highest BCUT2D eigenvalue weighted by atomic mass is 16.8. The lowest BCUT2D eigenvalue weighted by atomic mass is 9.33. The molecule has 3 heterocycles. The predicted molar refractivity (Wildman–Crippen MR) is 269 cm³/mol. The number of aliphatic hydroxyl groups excluding tert-OH is 12. The summed E-state index contributed by atoms with van der Waals surface area (Å²) in [5.41, 5.74) is -3.78. The molecular formula is C55H86O24. The number of hydrogen-bond acceptors (Lipinski definition) is 23. The van der Waals surface area contributed by atoms with Crippen molar-refractivity contribution in [1.82, 2.24) is 0 Å². The number of fused-ring (bicyclic) bond motifs is 7. The van der Waals surface area contributed by atoms with Crippen LogP contribution in [-0.2, 0) is 52.3 Å². The molecule has 0 spiro atoms. The summed E-state index contributed by atoms with van der Waals surface area (Å²) in [6, 6.07) is 0. The summed E-state index contributed by atoms with van der Waals surface area (Å²) in [4.78, 5) is 39.0. The standard InChI is InChI=1S/C55H86O24/c1-10-23(2)46(71)79-44-43(68)55(22-72-24(3)59)26(17-50(44,4)5)25-11-12-30-51(6)15-14-32(52(7,21-58)29(51)13-16-53(30,8)54(25,9)18-31(55)60)75-49-41(77-48-38(66)36(64)34(62)28(20-57)74-48)39(67)40(42(78-49)45(69)70)76-47-37(65)35(63)33(61)27(19-56)73-47/h10-11,26-44,47-49,56-58,60-68H,12-22H2,1-9H3,(H,69,70)/b23-10+/t26?,27-,28-,29?,30-,31-,32+,33-,34-,35+,36+,37-,38-,39+,40+,41-,42+,43+,44+,47+,48+,49-,51+,52-,53-,54-,55+/m1/s1. The number of esters is 2. The Bertz CT molecular complexity index is 2290. The Hall–Kier alpha value is -2.83. The zero-order chi connectivity index (χ0) is 58.4. The third-order valence-electron chi connectivity index (χ3n) is 21.0. The lowest BCUT2D eigenvalue weighted by Crippen LogP contribution is -2.72. The third-order valence-corrected chi connectivity index (χ3v) is 21.0. The van der Waals surface area contributed by atoms with E-state index in [1.807, 2.05) is 20.8 Å². The van der Waals surface area contributed by atoms with Crippen LogP contribution in [0, 0.1) is 50.2 Å². The molecular weight excluding hydrogens is 1040 g/mol. The van der Waals surface area contributed by atoms with Crippen LogP contribution in [0.1, 0.15) is 107 Å². The van der Waals surface area contributed by atoms with Crippen molar-refractivity contribution in [2.24, 2.45) is 50.2 Å². The molecule has 5 aliphatic carbocycles. The highest BCUT2D eigenvalue weighted by Gasteiger charge is 2.74. The number of aliphatic hydroxyl groups is 12. The topological polar surface area (TPSA) is 388 Å². The largest absolute Gasteiger partial charge is 0.479 e. The molecule has 0 bridgehead atoms. The molecule has 8 aliphatic rings. The van der Waals surface area contributed by atoms with E-state index in [0.717, 1.165) is 5.57 Å². The molecule has 8 rings (SSSR count). The Morgan fingerprint density at radius 3 is 1.81 bits per heavy atom. The fourth-order valence-corrected chi connectivity index (χ4v) is 16.1. The maximum atomic E-state index is 13.3. The summed E-state index contributed by atoms with van der Waals surface area (Å²) in [7, 11) is 0. The van der Waals surface area contributed by atoms with Crippen molar-refractivity contribution in [2.75, 3.05) is 26.4 Å². The zero-order valence-electron chi connectivity index (χ0n) is 46.4. The van der Waals surface area contributed by atoms with Crippen LogP contribution in [-0.4, -0.2) is 227 Å². The minimum Gasteiger partial charge on any atom is -0.479 e. The number of carbonyl (C=O) groups is 3. The van der Waals surface area contributed by atoms with Gasteiger partial charge in [-0.3, -0.25) is 4.79 Å². The number of carbonyl (C=O) groups excluding carboxylic acids is 2. The maximum Gasteiger partial charge on any atom is 0.335 e. The van der Waals surface area contributed by atoms with Gasteiger partial charge < -0.3 is 104 Å². The minimum absolute atomic E-state index is 0.0849. The second kappa shape index (κ2) is 22.6. The Balaban J connectivity index is 1.11. The SMILES string of the molecule is C/C=C(\C)C(=O)O[C@H]1[C@H](O)[C@@]2(COC(C)=O)C(CC1(C)C)C1=CC[C@@H]3[C@@]4(C)CC[C@H](O[C@@H]5O[C@H](C(=O)O)[C@@H](O[C@@H]6O[C@H](CO)[C@@H](O)[C@H](O)[C@H]6O)[C@H](O)[C@H]5O[C@@H]5O[C@H](CO)[C@@H](O)[C@H](O)[C@H]5O)[C@](C)(CO)C4CC[C@@]3(C)[C@]1(C)C[C@H]2O. The molecule has 13 N–H and O–H groups in total. The first-order valence-corrected chi connectivity index (χ1v) is 27.7. The first-order chi connectivity index (χ1) is 36.9. The van der Waals surface area contributed by atoms with Crippen molar-refractivity contribution in [1.29, 1.82) is 0 Å². The van der Waals surface area contributed by atoms with E-state index in [4.69, 9.17) is 37.9 Å². The van der Waals surface area contributed by atoms with E-state index in [0.29, 0.717) is 37.7 Å². The molecule has 0 aromatic carbocycles. The molecule has 0 radical (unpaired) electrons. The number of aliphatic carboxylic acids is 1. The smallest absolute Gasteiger partial charge is 0.335 e. The van der Waals surface area contributed by atoms with E-state index in [-0.39, 0.29) is 31.3 Å². The van der Waals surface area contributed by atoms with Crippen LogP contribution in [0.2, 0.25) is 0 Å². The first-order valence-electron chi connectivity index (χ1n) is 27.7. The number of allylic oxidation sites excluding steroid dienone is 3. The summed E-state index contributed by atoms with van der Waals surface area (Å²) in [5, 5.41) is 144. The summed E-state index contributed by atoms with van der Waals surface area (Å²) in [5.74, 6) is -3.82. The van der Waals surface area contributed by atoms with Crippen molar-refractivity contribution < 1.29 is 119 Å². The molecule has 4 saturated carbocycles. The Morgan fingerprint density at radius 2 is 1.28 bits per heavy atom. The Morgan fingerprint density at radius 1 is 0.696 bits per heavy atom. The lowest BCUT2D eigenvalue weighted by molar-refractivity contribution is -0.392. The fraction of sp³-hybridized carbons (Fsp3) is 0.873. The van der Waals surface area contributed by atoms with E-state index in [1.165, 1.54) is 6.92 Å². The maximum absolute atomic E-state index is 13.3. The van der Waals surface area contributed by atoms with Gasteiger partial charge in [-0.15, -0.1) is 0 Å². The van der Waals surface area contributed by atoms with Crippen LogP contribution in [0.4, 0.5) is 0 Å². The first kappa shape index (κ1) is 62.2. The van der Waals surface area contributed by atoms with E-state index in [9.17, 15) is 80.8 Å². The van der Waals surface area contributed by atoms with Gasteiger partial charge in [-0.05, 0) is 92.8 Å². The average molecular weight is 1130 g/mol. The van der Waals surface area contributed by atoms with Crippen molar-refractivity contribution in [2.45, 2.75) is 224 Å². The van der Waals surface area contributed by atoms with Crippen molar-refractivity contribution >= 4 is 17.9 Å². The van der Waals surface area contributed by atoms with Gasteiger partial charge in [0.05, 0.1) is 37.4 Å². The predicted octanol–water partition coefficient (Wildman–Crippen LogP) is -1.32. The number of ether oxygens (including phenoxy) is 8. The molecule has 450 valence electrons. The van der Waals surface area contributed by atoms with Gasteiger partial charge in [0.25, 0.3) is 0 Å². The summed E-state index contributed by atoms with van der Waals surface area (Å²) < 4.78 is 47.7. The molecule has 27 atom stereocenters. The molecule has 0 aromatic rings. The second-order valence-electron chi connectivity index (χ2n) is 25.6. The molecule has 24 heteroatoms.